The van der Waals surface area contributed by atoms with Gasteiger partial charge in [-0.05, 0) is 32.0 Å². The molecule has 0 saturated heterocycles. The molecule has 0 aromatic carbocycles. The minimum Gasteiger partial charge on any atom is -0.467 e. The molecule has 1 aromatic heterocycles. The van der Waals surface area contributed by atoms with Gasteiger partial charge in [-0.25, -0.2) is 0 Å². The number of furan rings is 1. The number of halogens is 3. The van der Waals surface area contributed by atoms with Crippen LogP contribution in [0.1, 0.15) is 37.9 Å². The fourth-order valence-corrected chi connectivity index (χ4v) is 3.00. The van der Waals surface area contributed by atoms with Crippen LogP contribution < -0.4 is 0 Å². The Balaban J connectivity index is 1.97. The number of nitrogens with zero attached hydrogens (tertiary/aromatic N) is 2. The van der Waals surface area contributed by atoms with E-state index in [1.54, 1.807) is 12.1 Å². The molecule has 0 bridgehead atoms. The maximum Gasteiger partial charge on any atom is 0.406 e. The third kappa shape index (κ3) is 5.89. The molecule has 7 heteroatoms. The van der Waals surface area contributed by atoms with E-state index in [-0.39, 0.29) is 19.1 Å². The summed E-state index contributed by atoms with van der Waals surface area (Å²) in [4.78, 5) is 15.0. The minimum absolute atomic E-state index is 0.00144. The first kappa shape index (κ1) is 17.8. The molecule has 0 N–H and O–H groups in total. The van der Waals surface area contributed by atoms with E-state index in [4.69, 9.17) is 4.42 Å². The first-order valence-corrected chi connectivity index (χ1v) is 7.92. The number of hydrogen-bond acceptors (Lipinski definition) is 3. The second-order valence-corrected chi connectivity index (χ2v) is 6.15. The van der Waals surface area contributed by atoms with Crippen LogP contribution in [0.5, 0.6) is 0 Å². The van der Waals surface area contributed by atoms with Crippen LogP contribution >= 0.6 is 0 Å². The number of amides is 1. The maximum absolute atomic E-state index is 12.7. The van der Waals surface area contributed by atoms with Crippen molar-refractivity contribution < 1.29 is 22.4 Å². The van der Waals surface area contributed by atoms with Crippen molar-refractivity contribution in [2.24, 2.45) is 0 Å². The summed E-state index contributed by atoms with van der Waals surface area (Å²) in [5, 5.41) is 0. The molecular formula is C16H23F3N2O2. The Morgan fingerprint density at radius 2 is 2.00 bits per heavy atom. The summed E-state index contributed by atoms with van der Waals surface area (Å²) in [6.45, 7) is -1.42. The van der Waals surface area contributed by atoms with E-state index in [9.17, 15) is 18.0 Å². The standard InChI is InChI=1S/C16H23F3N2O2/c1-20(13-6-3-2-4-7-13)11-15(22)21(12-16(17,18)19)10-14-8-5-9-23-14/h5,8-9,13H,2-4,6-7,10-12H2,1H3. The van der Waals surface area contributed by atoms with Crippen molar-refractivity contribution in [1.82, 2.24) is 9.80 Å². The molecule has 130 valence electrons. The molecule has 1 aromatic rings. The lowest BCUT2D eigenvalue weighted by molar-refractivity contribution is -0.163. The summed E-state index contributed by atoms with van der Waals surface area (Å²) in [7, 11) is 1.81. The van der Waals surface area contributed by atoms with Crippen LogP contribution in [0.15, 0.2) is 22.8 Å². The zero-order valence-electron chi connectivity index (χ0n) is 13.3. The van der Waals surface area contributed by atoms with Crippen molar-refractivity contribution in [1.29, 1.82) is 0 Å². The second-order valence-electron chi connectivity index (χ2n) is 6.15. The third-order valence-corrected chi connectivity index (χ3v) is 4.23. The molecule has 0 unspecified atom stereocenters. The average molecular weight is 332 g/mol. The molecule has 0 spiro atoms. The van der Waals surface area contributed by atoms with Gasteiger partial charge in [0.15, 0.2) is 0 Å². The topological polar surface area (TPSA) is 36.7 Å². The van der Waals surface area contributed by atoms with Crippen molar-refractivity contribution in [3.05, 3.63) is 24.2 Å². The summed E-state index contributed by atoms with van der Waals surface area (Å²) in [5.41, 5.74) is 0. The molecule has 23 heavy (non-hydrogen) atoms. The molecule has 1 fully saturated rings. The monoisotopic (exact) mass is 332 g/mol. The predicted octanol–water partition coefficient (Wildman–Crippen LogP) is 3.44. The maximum atomic E-state index is 12.7. The summed E-state index contributed by atoms with van der Waals surface area (Å²) < 4.78 is 43.3. The third-order valence-electron chi connectivity index (χ3n) is 4.23. The van der Waals surface area contributed by atoms with Crippen LogP contribution in [-0.4, -0.2) is 48.1 Å². The van der Waals surface area contributed by atoms with Crippen molar-refractivity contribution in [2.45, 2.75) is 50.9 Å². The molecule has 1 amide bonds. The van der Waals surface area contributed by atoms with Gasteiger partial charge in [0.1, 0.15) is 12.3 Å². The van der Waals surface area contributed by atoms with Crippen LogP contribution in [0.4, 0.5) is 13.2 Å². The predicted molar refractivity (Wildman–Crippen MR) is 79.7 cm³/mol. The zero-order valence-corrected chi connectivity index (χ0v) is 13.3. The van der Waals surface area contributed by atoms with E-state index in [0.29, 0.717) is 5.76 Å². The van der Waals surface area contributed by atoms with E-state index in [0.717, 1.165) is 30.6 Å². The van der Waals surface area contributed by atoms with Gasteiger partial charge < -0.3 is 9.32 Å². The first-order valence-electron chi connectivity index (χ1n) is 7.92. The first-order chi connectivity index (χ1) is 10.8. The number of rotatable bonds is 6. The highest BCUT2D eigenvalue weighted by atomic mass is 19.4. The fraction of sp³-hybridized carbons (Fsp3) is 0.688. The van der Waals surface area contributed by atoms with Gasteiger partial charge in [0.05, 0.1) is 19.4 Å². The van der Waals surface area contributed by atoms with Gasteiger partial charge in [0.2, 0.25) is 5.91 Å². The molecule has 0 aliphatic heterocycles. The highest BCUT2D eigenvalue weighted by molar-refractivity contribution is 5.78. The Labute approximate surface area is 134 Å². The van der Waals surface area contributed by atoms with Gasteiger partial charge in [-0.3, -0.25) is 9.69 Å². The Morgan fingerprint density at radius 3 is 2.57 bits per heavy atom. The number of alkyl halides is 3. The molecule has 2 rings (SSSR count). The second kappa shape index (κ2) is 7.86. The molecule has 1 aliphatic rings. The van der Waals surface area contributed by atoms with Gasteiger partial charge in [-0.2, -0.15) is 13.2 Å². The lowest BCUT2D eigenvalue weighted by atomic mass is 9.94. The normalized spacial score (nSPS) is 16.7. The van der Waals surface area contributed by atoms with Crippen LogP contribution in [0.3, 0.4) is 0 Å². The Hall–Kier alpha value is -1.50. The van der Waals surface area contributed by atoms with E-state index in [2.05, 4.69) is 0 Å². The Morgan fingerprint density at radius 1 is 1.30 bits per heavy atom. The molecule has 1 heterocycles. The van der Waals surface area contributed by atoms with Gasteiger partial charge >= 0.3 is 6.18 Å². The summed E-state index contributed by atoms with van der Waals surface area (Å²) in [6, 6.07) is 3.45. The molecule has 0 radical (unpaired) electrons. The molecule has 1 saturated carbocycles. The van der Waals surface area contributed by atoms with Crippen LogP contribution in [0, 0.1) is 0 Å². The lowest BCUT2D eigenvalue weighted by Crippen LogP contribution is -2.45. The molecule has 4 nitrogen and oxygen atoms in total. The van der Waals surface area contributed by atoms with E-state index in [1.807, 2.05) is 11.9 Å². The zero-order chi connectivity index (χ0) is 16.9. The van der Waals surface area contributed by atoms with Gasteiger partial charge in [0, 0.05) is 6.04 Å². The van der Waals surface area contributed by atoms with E-state index in [1.165, 1.54) is 12.7 Å². The Kier molecular flexibility index (Phi) is 6.10. The average Bonchev–Trinajstić information content (AvgIpc) is 2.99. The number of likely N-dealkylation sites (N-methyl/N-ethyl adjacent to an activating group) is 1. The molecule has 0 atom stereocenters. The molecule has 1 aliphatic carbocycles. The van der Waals surface area contributed by atoms with E-state index >= 15 is 0 Å². The Bertz CT molecular complexity index is 482. The minimum atomic E-state index is -4.42. The highest BCUT2D eigenvalue weighted by Gasteiger charge is 2.34. The smallest absolute Gasteiger partial charge is 0.406 e. The van der Waals surface area contributed by atoms with E-state index < -0.39 is 18.6 Å². The van der Waals surface area contributed by atoms with Crippen LogP contribution in [0.25, 0.3) is 0 Å². The largest absolute Gasteiger partial charge is 0.467 e. The van der Waals surface area contributed by atoms with Crippen molar-refractivity contribution in [3.8, 4) is 0 Å². The lowest BCUT2D eigenvalue weighted by Gasteiger charge is -2.32. The summed E-state index contributed by atoms with van der Waals surface area (Å²) in [6.07, 6.45) is 2.38. The number of carbonyl (C=O) groups excluding carboxylic acids is 1. The van der Waals surface area contributed by atoms with Crippen LogP contribution in [-0.2, 0) is 11.3 Å². The SMILES string of the molecule is CN(CC(=O)N(Cc1ccco1)CC(F)(F)F)C1CCCCC1. The van der Waals surface area contributed by atoms with Crippen molar-refractivity contribution in [3.63, 3.8) is 0 Å². The van der Waals surface area contributed by atoms with Crippen molar-refractivity contribution in [2.75, 3.05) is 20.1 Å². The van der Waals surface area contributed by atoms with Crippen molar-refractivity contribution >= 4 is 5.91 Å². The number of carbonyl (C=O) groups is 1. The van der Waals surface area contributed by atoms with Crippen LogP contribution in [0.2, 0.25) is 0 Å². The van der Waals surface area contributed by atoms with Gasteiger partial charge in [-0.1, -0.05) is 19.3 Å². The fourth-order valence-electron chi connectivity index (χ4n) is 3.00. The molecular weight excluding hydrogens is 309 g/mol. The highest BCUT2D eigenvalue weighted by Crippen LogP contribution is 2.22. The number of hydrogen-bond donors (Lipinski definition) is 0. The summed E-state index contributed by atoms with van der Waals surface area (Å²) >= 11 is 0. The van der Waals surface area contributed by atoms with Gasteiger partial charge in [0.25, 0.3) is 0 Å². The van der Waals surface area contributed by atoms with Gasteiger partial charge in [-0.15, -0.1) is 0 Å². The quantitative estimate of drug-likeness (QED) is 0.801. The summed E-state index contributed by atoms with van der Waals surface area (Å²) in [5.74, 6) is -0.172.